The Morgan fingerprint density at radius 3 is 2.78 bits per heavy atom. The lowest BCUT2D eigenvalue weighted by molar-refractivity contribution is 0.0362. The first-order chi connectivity index (χ1) is 13.1. The Bertz CT molecular complexity index is 877. The Balaban J connectivity index is 1.52. The van der Waals surface area contributed by atoms with Crippen molar-refractivity contribution >= 4 is 5.91 Å². The van der Waals surface area contributed by atoms with E-state index in [-0.39, 0.29) is 17.0 Å². The van der Waals surface area contributed by atoms with Gasteiger partial charge in [-0.15, -0.1) is 0 Å². The first kappa shape index (κ1) is 17.9. The number of amides is 1. The molecular weight excluding hydrogens is 344 g/mol. The van der Waals surface area contributed by atoms with Crippen molar-refractivity contribution in [3.8, 4) is 0 Å². The molecule has 0 bridgehead atoms. The summed E-state index contributed by atoms with van der Waals surface area (Å²) in [6.07, 6.45) is 3.52. The summed E-state index contributed by atoms with van der Waals surface area (Å²) in [7, 11) is 0. The lowest BCUT2D eigenvalue weighted by Gasteiger charge is -2.26. The number of pyridine rings is 2. The number of morpholine rings is 1. The molecule has 2 aromatic rings. The van der Waals surface area contributed by atoms with Crippen molar-refractivity contribution in [3.63, 3.8) is 0 Å². The highest BCUT2D eigenvalue weighted by Gasteiger charge is 2.28. The maximum Gasteiger partial charge on any atom is 0.263 e. The summed E-state index contributed by atoms with van der Waals surface area (Å²) in [5, 5.41) is 0. The molecule has 7 heteroatoms. The molecule has 0 N–H and O–H groups in total. The van der Waals surface area contributed by atoms with Gasteiger partial charge in [-0.1, -0.05) is 6.07 Å². The molecule has 4 heterocycles. The number of fused-ring (bicyclic) bond motifs is 1. The minimum Gasteiger partial charge on any atom is -0.379 e. The third-order valence-corrected chi connectivity index (χ3v) is 5.32. The maximum atomic E-state index is 13.1. The SMILES string of the molecule is Cc1ccn(CCN2CCOCC2)c(=O)c1C(=O)N1Cc2cccnc2C1. The lowest BCUT2D eigenvalue weighted by atomic mass is 10.1. The molecule has 0 aliphatic carbocycles. The van der Waals surface area contributed by atoms with E-state index < -0.39 is 0 Å². The van der Waals surface area contributed by atoms with Crippen LogP contribution in [0.2, 0.25) is 0 Å². The van der Waals surface area contributed by atoms with Crippen molar-refractivity contribution in [1.29, 1.82) is 0 Å². The van der Waals surface area contributed by atoms with Crippen molar-refractivity contribution in [2.24, 2.45) is 0 Å². The molecule has 142 valence electrons. The van der Waals surface area contributed by atoms with Gasteiger partial charge in [-0.05, 0) is 30.2 Å². The molecule has 0 unspecified atom stereocenters. The number of carbonyl (C=O) groups is 1. The highest BCUT2D eigenvalue weighted by atomic mass is 16.5. The molecule has 0 spiro atoms. The molecule has 2 aromatic heterocycles. The summed E-state index contributed by atoms with van der Waals surface area (Å²) in [5.74, 6) is -0.212. The van der Waals surface area contributed by atoms with Gasteiger partial charge in [0.2, 0.25) is 0 Å². The zero-order valence-electron chi connectivity index (χ0n) is 15.6. The van der Waals surface area contributed by atoms with Crippen LogP contribution in [-0.2, 0) is 24.4 Å². The molecule has 1 fully saturated rings. The van der Waals surface area contributed by atoms with Gasteiger partial charge >= 0.3 is 0 Å². The first-order valence-electron chi connectivity index (χ1n) is 9.35. The Kier molecular flexibility index (Phi) is 5.05. The van der Waals surface area contributed by atoms with Crippen molar-refractivity contribution in [2.45, 2.75) is 26.6 Å². The van der Waals surface area contributed by atoms with E-state index in [1.165, 1.54) is 0 Å². The van der Waals surface area contributed by atoms with Gasteiger partial charge in [0.05, 0.1) is 25.5 Å². The molecule has 2 aliphatic rings. The molecule has 1 amide bonds. The van der Waals surface area contributed by atoms with Crippen molar-refractivity contribution in [2.75, 3.05) is 32.8 Å². The molecule has 7 nitrogen and oxygen atoms in total. The fourth-order valence-corrected chi connectivity index (χ4v) is 3.68. The van der Waals surface area contributed by atoms with Crippen molar-refractivity contribution in [3.05, 3.63) is 63.3 Å². The topological polar surface area (TPSA) is 67.7 Å². The van der Waals surface area contributed by atoms with E-state index in [0.717, 1.165) is 49.7 Å². The van der Waals surface area contributed by atoms with Crippen LogP contribution >= 0.6 is 0 Å². The van der Waals surface area contributed by atoms with E-state index in [1.54, 1.807) is 21.9 Å². The van der Waals surface area contributed by atoms with E-state index >= 15 is 0 Å². The Labute approximate surface area is 158 Å². The van der Waals surface area contributed by atoms with E-state index in [9.17, 15) is 9.59 Å². The smallest absolute Gasteiger partial charge is 0.263 e. The van der Waals surface area contributed by atoms with Crippen LogP contribution in [0.1, 0.15) is 27.2 Å². The maximum absolute atomic E-state index is 13.1. The molecule has 1 saturated heterocycles. The van der Waals surface area contributed by atoms with Crippen LogP contribution < -0.4 is 5.56 Å². The Hall–Kier alpha value is -2.51. The third-order valence-electron chi connectivity index (χ3n) is 5.32. The minimum absolute atomic E-state index is 0.211. The molecule has 0 radical (unpaired) electrons. The van der Waals surface area contributed by atoms with E-state index in [0.29, 0.717) is 19.6 Å². The predicted molar refractivity (Wildman–Crippen MR) is 101 cm³/mol. The number of carbonyl (C=O) groups excluding carboxylic acids is 1. The van der Waals surface area contributed by atoms with E-state index in [4.69, 9.17) is 4.74 Å². The highest BCUT2D eigenvalue weighted by molar-refractivity contribution is 5.95. The van der Waals surface area contributed by atoms with Gasteiger partial charge in [0, 0.05) is 45.1 Å². The van der Waals surface area contributed by atoms with E-state index in [1.807, 2.05) is 25.1 Å². The number of ether oxygens (including phenoxy) is 1. The Morgan fingerprint density at radius 1 is 1.19 bits per heavy atom. The first-order valence-corrected chi connectivity index (χ1v) is 9.35. The van der Waals surface area contributed by atoms with Crippen LogP contribution in [0.25, 0.3) is 0 Å². The average molecular weight is 368 g/mol. The number of rotatable bonds is 4. The summed E-state index contributed by atoms with van der Waals surface area (Å²) in [6.45, 7) is 7.35. The van der Waals surface area contributed by atoms with Gasteiger partial charge in [-0.2, -0.15) is 0 Å². The standard InChI is InChI=1S/C20H24N4O3/c1-15-4-6-23(8-7-22-9-11-27-12-10-22)19(25)18(15)20(26)24-13-16-3-2-5-21-17(16)14-24/h2-6H,7-14H2,1H3. The van der Waals surface area contributed by atoms with Crippen LogP contribution in [0.15, 0.2) is 35.4 Å². The zero-order chi connectivity index (χ0) is 18.8. The number of aryl methyl sites for hydroxylation is 1. The van der Waals surface area contributed by atoms with Crippen LogP contribution in [0.5, 0.6) is 0 Å². The Morgan fingerprint density at radius 2 is 2.00 bits per heavy atom. The molecule has 0 atom stereocenters. The predicted octanol–water partition coefficient (Wildman–Crippen LogP) is 1.04. The van der Waals surface area contributed by atoms with Gasteiger partial charge in [0.1, 0.15) is 5.56 Å². The number of aromatic nitrogens is 2. The van der Waals surface area contributed by atoms with Crippen molar-refractivity contribution < 1.29 is 9.53 Å². The van der Waals surface area contributed by atoms with Gasteiger partial charge in [-0.3, -0.25) is 19.5 Å². The molecule has 0 aromatic carbocycles. The second kappa shape index (κ2) is 7.62. The summed E-state index contributed by atoms with van der Waals surface area (Å²) in [5.41, 5.74) is 2.74. The van der Waals surface area contributed by atoms with Crippen LogP contribution in [0.4, 0.5) is 0 Å². The summed E-state index contributed by atoms with van der Waals surface area (Å²) in [4.78, 5) is 34.4. The quantitative estimate of drug-likeness (QED) is 0.807. The zero-order valence-corrected chi connectivity index (χ0v) is 15.6. The number of hydrogen-bond acceptors (Lipinski definition) is 5. The summed E-state index contributed by atoms with van der Waals surface area (Å²) in [6, 6.07) is 5.71. The summed E-state index contributed by atoms with van der Waals surface area (Å²) < 4.78 is 7.01. The molecular formula is C20H24N4O3. The monoisotopic (exact) mass is 368 g/mol. The average Bonchev–Trinajstić information content (AvgIpc) is 3.12. The van der Waals surface area contributed by atoms with Crippen LogP contribution in [0, 0.1) is 6.92 Å². The summed E-state index contributed by atoms with van der Waals surface area (Å²) >= 11 is 0. The minimum atomic E-state index is -0.212. The fraction of sp³-hybridized carbons (Fsp3) is 0.450. The van der Waals surface area contributed by atoms with E-state index in [2.05, 4.69) is 9.88 Å². The lowest BCUT2D eigenvalue weighted by Crippen LogP contribution is -2.40. The molecule has 4 rings (SSSR count). The highest BCUT2D eigenvalue weighted by Crippen LogP contribution is 2.22. The largest absolute Gasteiger partial charge is 0.379 e. The second-order valence-corrected chi connectivity index (χ2v) is 7.10. The van der Waals surface area contributed by atoms with Gasteiger partial charge < -0.3 is 14.2 Å². The third kappa shape index (κ3) is 3.65. The van der Waals surface area contributed by atoms with Gasteiger partial charge in [0.25, 0.3) is 11.5 Å². The van der Waals surface area contributed by atoms with Gasteiger partial charge in [-0.25, -0.2) is 0 Å². The molecule has 2 aliphatic heterocycles. The molecule has 27 heavy (non-hydrogen) atoms. The fourth-order valence-electron chi connectivity index (χ4n) is 3.68. The number of nitrogens with zero attached hydrogens (tertiary/aromatic N) is 4. The van der Waals surface area contributed by atoms with Crippen LogP contribution in [-0.4, -0.2) is 58.1 Å². The van der Waals surface area contributed by atoms with Crippen LogP contribution in [0.3, 0.4) is 0 Å². The van der Waals surface area contributed by atoms with Gasteiger partial charge in [0.15, 0.2) is 0 Å². The normalized spacial score (nSPS) is 17.1. The number of hydrogen-bond donors (Lipinski definition) is 0. The van der Waals surface area contributed by atoms with Crippen molar-refractivity contribution in [1.82, 2.24) is 19.4 Å². The molecule has 0 saturated carbocycles. The second-order valence-electron chi connectivity index (χ2n) is 7.10.